The number of piperazine rings is 1. The third kappa shape index (κ3) is 2.36. The largest absolute Gasteiger partial charge is 0.450 e. The second-order valence-corrected chi connectivity index (χ2v) is 6.74. The Hall–Kier alpha value is -2.14. The molecule has 5 heteroatoms. The zero-order valence-electron chi connectivity index (χ0n) is 13.9. The van der Waals surface area contributed by atoms with E-state index in [0.29, 0.717) is 12.0 Å². The van der Waals surface area contributed by atoms with Crippen LogP contribution >= 0.6 is 0 Å². The maximum Gasteiger partial charge on any atom is 0.196 e. The van der Waals surface area contributed by atoms with E-state index in [1.54, 1.807) is 6.33 Å². The van der Waals surface area contributed by atoms with Crippen molar-refractivity contribution >= 4 is 27.9 Å². The molecule has 1 fully saturated rings. The zero-order valence-corrected chi connectivity index (χ0v) is 13.9. The fourth-order valence-corrected chi connectivity index (χ4v) is 3.50. The van der Waals surface area contributed by atoms with Crippen LogP contribution in [0.5, 0.6) is 0 Å². The van der Waals surface area contributed by atoms with Crippen LogP contribution in [0.1, 0.15) is 13.8 Å². The molecular weight excluding hydrogens is 288 g/mol. The molecule has 23 heavy (non-hydrogen) atoms. The Morgan fingerprint density at radius 3 is 2.83 bits per heavy atom. The molecule has 0 amide bonds. The molecule has 0 spiro atoms. The van der Waals surface area contributed by atoms with Gasteiger partial charge in [0.15, 0.2) is 11.4 Å². The summed E-state index contributed by atoms with van der Waals surface area (Å²) >= 11 is 0. The van der Waals surface area contributed by atoms with Gasteiger partial charge in [-0.2, -0.15) is 0 Å². The van der Waals surface area contributed by atoms with Crippen molar-refractivity contribution in [2.75, 3.05) is 31.6 Å². The van der Waals surface area contributed by atoms with Gasteiger partial charge in [0.05, 0.1) is 0 Å². The van der Waals surface area contributed by atoms with Crippen molar-refractivity contribution in [2.24, 2.45) is 5.92 Å². The van der Waals surface area contributed by atoms with Crippen LogP contribution in [0.3, 0.4) is 0 Å². The number of anilines is 1. The third-order valence-corrected chi connectivity index (χ3v) is 4.80. The monoisotopic (exact) mass is 310 g/mol. The summed E-state index contributed by atoms with van der Waals surface area (Å²) in [5, 5.41) is 1.06. The highest BCUT2D eigenvalue weighted by atomic mass is 16.3. The van der Waals surface area contributed by atoms with Gasteiger partial charge in [-0.1, -0.05) is 26.0 Å². The van der Waals surface area contributed by atoms with Gasteiger partial charge in [0.1, 0.15) is 17.4 Å². The minimum atomic E-state index is 0.431. The van der Waals surface area contributed by atoms with E-state index in [9.17, 15) is 0 Å². The normalized spacial score (nSPS) is 20.0. The Balaban J connectivity index is 1.87. The van der Waals surface area contributed by atoms with Crippen LogP contribution in [0.2, 0.25) is 0 Å². The first kappa shape index (κ1) is 14.5. The van der Waals surface area contributed by atoms with Crippen LogP contribution in [0, 0.1) is 5.92 Å². The van der Waals surface area contributed by atoms with Gasteiger partial charge in [0, 0.05) is 31.1 Å². The summed E-state index contributed by atoms with van der Waals surface area (Å²) in [7, 11) is 2.18. The van der Waals surface area contributed by atoms with E-state index in [0.717, 1.165) is 47.5 Å². The molecule has 0 saturated carbocycles. The van der Waals surface area contributed by atoms with Crippen molar-refractivity contribution < 1.29 is 4.42 Å². The molecule has 4 rings (SSSR count). The predicted octanol–water partition coefficient (Wildman–Crippen LogP) is 3.15. The molecule has 1 aliphatic rings. The van der Waals surface area contributed by atoms with E-state index in [4.69, 9.17) is 4.42 Å². The molecule has 0 N–H and O–H groups in total. The lowest BCUT2D eigenvalue weighted by molar-refractivity contribution is 0.236. The molecule has 0 unspecified atom stereocenters. The average Bonchev–Trinajstić information content (AvgIpc) is 2.93. The Morgan fingerprint density at radius 1 is 1.17 bits per heavy atom. The van der Waals surface area contributed by atoms with Crippen LogP contribution in [-0.2, 0) is 0 Å². The van der Waals surface area contributed by atoms with Gasteiger partial charge in [-0.3, -0.25) is 0 Å². The quantitative estimate of drug-likeness (QED) is 0.727. The zero-order chi connectivity index (χ0) is 16.0. The summed E-state index contributed by atoms with van der Waals surface area (Å²) in [6.07, 6.45) is 1.66. The van der Waals surface area contributed by atoms with Crippen LogP contribution in [-0.4, -0.2) is 47.6 Å². The fraction of sp³-hybridized carbons (Fsp3) is 0.444. The molecule has 1 aromatic carbocycles. The smallest absolute Gasteiger partial charge is 0.196 e. The maximum absolute atomic E-state index is 6.11. The standard InChI is InChI=1S/C18H22N4O/c1-12(2)14-10-21(3)8-9-22(14)18-17-16(19-11-20-18)13-6-4-5-7-15(13)23-17/h4-7,11-12,14H,8-10H2,1-3H3/t14-/m1/s1. The summed E-state index contributed by atoms with van der Waals surface area (Å²) in [6, 6.07) is 8.49. The van der Waals surface area contributed by atoms with E-state index in [1.165, 1.54) is 0 Å². The first-order valence-corrected chi connectivity index (χ1v) is 8.22. The highest BCUT2D eigenvalue weighted by Crippen LogP contribution is 2.34. The van der Waals surface area contributed by atoms with Crippen molar-refractivity contribution in [1.82, 2.24) is 14.9 Å². The van der Waals surface area contributed by atoms with E-state index in [2.05, 4.69) is 46.7 Å². The Kier molecular flexibility index (Phi) is 3.45. The molecule has 3 aromatic rings. The maximum atomic E-state index is 6.11. The molecule has 0 radical (unpaired) electrons. The average molecular weight is 310 g/mol. The van der Waals surface area contributed by atoms with E-state index in [-0.39, 0.29) is 0 Å². The number of rotatable bonds is 2. The van der Waals surface area contributed by atoms with Gasteiger partial charge in [-0.15, -0.1) is 0 Å². The lowest BCUT2D eigenvalue weighted by Crippen LogP contribution is -2.54. The van der Waals surface area contributed by atoms with Gasteiger partial charge in [0.2, 0.25) is 0 Å². The van der Waals surface area contributed by atoms with E-state index < -0.39 is 0 Å². The van der Waals surface area contributed by atoms with Gasteiger partial charge in [-0.05, 0) is 25.1 Å². The van der Waals surface area contributed by atoms with Gasteiger partial charge < -0.3 is 14.2 Å². The first-order valence-electron chi connectivity index (χ1n) is 8.22. The van der Waals surface area contributed by atoms with E-state index in [1.807, 2.05) is 18.2 Å². The number of hydrogen-bond donors (Lipinski definition) is 0. The Labute approximate surface area is 135 Å². The van der Waals surface area contributed by atoms with Crippen molar-refractivity contribution in [3.8, 4) is 0 Å². The molecular formula is C18H22N4O. The highest BCUT2D eigenvalue weighted by molar-refractivity contribution is 6.05. The van der Waals surface area contributed by atoms with Crippen molar-refractivity contribution in [2.45, 2.75) is 19.9 Å². The number of furan rings is 1. The summed E-state index contributed by atoms with van der Waals surface area (Å²) in [5.74, 6) is 1.48. The fourth-order valence-electron chi connectivity index (χ4n) is 3.50. The number of benzene rings is 1. The number of nitrogens with zero attached hydrogens (tertiary/aromatic N) is 4. The first-order chi connectivity index (χ1) is 11.1. The molecule has 0 aliphatic carbocycles. The molecule has 1 saturated heterocycles. The predicted molar refractivity (Wildman–Crippen MR) is 92.8 cm³/mol. The van der Waals surface area contributed by atoms with Gasteiger partial charge in [-0.25, -0.2) is 9.97 Å². The topological polar surface area (TPSA) is 45.4 Å². The summed E-state index contributed by atoms with van der Waals surface area (Å²) < 4.78 is 6.11. The van der Waals surface area contributed by atoms with Crippen molar-refractivity contribution in [3.05, 3.63) is 30.6 Å². The number of likely N-dealkylation sites (N-methyl/N-ethyl adjacent to an activating group) is 1. The third-order valence-electron chi connectivity index (χ3n) is 4.80. The molecule has 0 bridgehead atoms. The Morgan fingerprint density at radius 2 is 2.00 bits per heavy atom. The molecule has 1 aliphatic heterocycles. The van der Waals surface area contributed by atoms with E-state index >= 15 is 0 Å². The number of aromatic nitrogens is 2. The van der Waals surface area contributed by atoms with Crippen LogP contribution in [0.4, 0.5) is 5.82 Å². The lowest BCUT2D eigenvalue weighted by atomic mass is 9.99. The van der Waals surface area contributed by atoms with Crippen LogP contribution in [0.15, 0.2) is 35.0 Å². The minimum absolute atomic E-state index is 0.431. The van der Waals surface area contributed by atoms with Crippen LogP contribution in [0.25, 0.3) is 22.1 Å². The second kappa shape index (κ2) is 5.49. The van der Waals surface area contributed by atoms with Crippen LogP contribution < -0.4 is 4.90 Å². The number of para-hydroxylation sites is 1. The molecule has 3 heterocycles. The van der Waals surface area contributed by atoms with Crippen molar-refractivity contribution in [3.63, 3.8) is 0 Å². The SMILES string of the molecule is CC(C)[C@H]1CN(C)CCN1c1ncnc2c1oc1ccccc12. The molecule has 2 aromatic heterocycles. The molecule has 5 nitrogen and oxygen atoms in total. The van der Waals surface area contributed by atoms with Crippen molar-refractivity contribution in [1.29, 1.82) is 0 Å². The molecule has 120 valence electrons. The summed E-state index contributed by atoms with van der Waals surface area (Å²) in [4.78, 5) is 13.8. The van der Waals surface area contributed by atoms with Gasteiger partial charge >= 0.3 is 0 Å². The summed E-state index contributed by atoms with van der Waals surface area (Å²) in [6.45, 7) is 7.59. The van der Waals surface area contributed by atoms with Gasteiger partial charge in [0.25, 0.3) is 0 Å². The number of fused-ring (bicyclic) bond motifs is 3. The number of hydrogen-bond acceptors (Lipinski definition) is 5. The molecule has 1 atom stereocenters. The lowest BCUT2D eigenvalue weighted by Gasteiger charge is -2.42. The second-order valence-electron chi connectivity index (χ2n) is 6.74. The summed E-state index contributed by atoms with van der Waals surface area (Å²) in [5.41, 5.74) is 2.59. The Bertz CT molecular complexity index is 841. The highest BCUT2D eigenvalue weighted by Gasteiger charge is 2.31. The minimum Gasteiger partial charge on any atom is -0.450 e.